The third-order valence-corrected chi connectivity index (χ3v) is 3.92. The van der Waals surface area contributed by atoms with Gasteiger partial charge in [0.1, 0.15) is 0 Å². The molecule has 1 aliphatic rings. The van der Waals surface area contributed by atoms with Crippen molar-refractivity contribution >= 4 is 0 Å². The van der Waals surface area contributed by atoms with Gasteiger partial charge < -0.3 is 9.73 Å². The molecule has 1 aliphatic carbocycles. The fraction of sp³-hybridized carbons (Fsp3) is 0.846. The van der Waals surface area contributed by atoms with Crippen LogP contribution in [0.4, 0.5) is 0 Å². The molecule has 1 heterocycles. The van der Waals surface area contributed by atoms with Gasteiger partial charge in [0.05, 0.1) is 0 Å². The van der Waals surface area contributed by atoms with E-state index in [1.165, 1.54) is 25.7 Å². The molecule has 1 aromatic heterocycles. The van der Waals surface area contributed by atoms with Crippen LogP contribution in [0.15, 0.2) is 4.42 Å². The van der Waals surface area contributed by atoms with Gasteiger partial charge in [-0.2, -0.15) is 0 Å². The molecule has 0 atom stereocenters. The van der Waals surface area contributed by atoms with Gasteiger partial charge in [0.25, 0.3) is 0 Å². The topological polar surface area (TPSA) is 51.0 Å². The van der Waals surface area contributed by atoms with Crippen molar-refractivity contribution in [2.24, 2.45) is 0 Å². The number of rotatable bonds is 6. The predicted octanol–water partition coefficient (Wildman–Crippen LogP) is 2.44. The highest BCUT2D eigenvalue weighted by Crippen LogP contribution is 2.42. The first kappa shape index (κ1) is 12.6. The van der Waals surface area contributed by atoms with E-state index < -0.39 is 0 Å². The predicted molar refractivity (Wildman–Crippen MR) is 67.0 cm³/mol. The monoisotopic (exact) mass is 237 g/mol. The van der Waals surface area contributed by atoms with Crippen LogP contribution >= 0.6 is 0 Å². The molecule has 0 bridgehead atoms. The molecule has 0 aromatic carbocycles. The average molecular weight is 237 g/mol. The van der Waals surface area contributed by atoms with Gasteiger partial charge in [0.2, 0.25) is 11.8 Å². The molecule has 1 fully saturated rings. The van der Waals surface area contributed by atoms with Crippen LogP contribution in [0, 0.1) is 0 Å². The van der Waals surface area contributed by atoms with Crippen molar-refractivity contribution in [3.63, 3.8) is 0 Å². The number of hydrogen-bond donors (Lipinski definition) is 1. The molecule has 2 rings (SSSR count). The zero-order chi connectivity index (χ0) is 12.1. The molecule has 0 aliphatic heterocycles. The van der Waals surface area contributed by atoms with Crippen LogP contribution in [0.25, 0.3) is 0 Å². The van der Waals surface area contributed by atoms with Crippen LogP contribution in [0.5, 0.6) is 0 Å². The molecule has 0 saturated heterocycles. The standard InChI is InChI=1S/C13H23N3O/c1-3-13(8-5-6-9-13)12-16-15-11(17-12)7-10-14-4-2/h14H,3-10H2,1-2H3. The van der Waals surface area contributed by atoms with E-state index in [0.717, 1.165) is 37.7 Å². The Labute approximate surface area is 103 Å². The Bertz CT molecular complexity index is 342. The molecule has 0 radical (unpaired) electrons. The summed E-state index contributed by atoms with van der Waals surface area (Å²) in [5.74, 6) is 1.66. The number of hydrogen-bond acceptors (Lipinski definition) is 4. The highest BCUT2D eigenvalue weighted by molar-refractivity contribution is 5.06. The minimum atomic E-state index is 0.184. The molecule has 0 unspecified atom stereocenters. The van der Waals surface area contributed by atoms with E-state index in [0.29, 0.717) is 0 Å². The lowest BCUT2D eigenvalue weighted by atomic mass is 9.83. The lowest BCUT2D eigenvalue weighted by molar-refractivity contribution is 0.305. The van der Waals surface area contributed by atoms with E-state index in [1.54, 1.807) is 0 Å². The van der Waals surface area contributed by atoms with Crippen LogP contribution in [-0.4, -0.2) is 23.3 Å². The number of likely N-dealkylation sites (N-methyl/N-ethyl adjacent to an activating group) is 1. The van der Waals surface area contributed by atoms with Gasteiger partial charge >= 0.3 is 0 Å². The molecule has 0 amide bonds. The van der Waals surface area contributed by atoms with Gasteiger partial charge in [0, 0.05) is 18.4 Å². The summed E-state index contributed by atoms with van der Waals surface area (Å²) < 4.78 is 5.85. The smallest absolute Gasteiger partial charge is 0.222 e. The normalized spacial score (nSPS) is 18.7. The van der Waals surface area contributed by atoms with Gasteiger partial charge in [0.15, 0.2) is 0 Å². The molecular weight excluding hydrogens is 214 g/mol. The molecule has 17 heavy (non-hydrogen) atoms. The van der Waals surface area contributed by atoms with E-state index in [2.05, 4.69) is 29.4 Å². The Balaban J connectivity index is 2.01. The van der Waals surface area contributed by atoms with Crippen LogP contribution < -0.4 is 5.32 Å². The van der Waals surface area contributed by atoms with Crippen molar-refractivity contribution in [1.82, 2.24) is 15.5 Å². The lowest BCUT2D eigenvalue weighted by Gasteiger charge is -2.22. The van der Waals surface area contributed by atoms with Gasteiger partial charge in [-0.25, -0.2) is 0 Å². The number of aromatic nitrogens is 2. The van der Waals surface area contributed by atoms with Gasteiger partial charge in [-0.05, 0) is 25.8 Å². The largest absolute Gasteiger partial charge is 0.425 e. The molecule has 96 valence electrons. The summed E-state index contributed by atoms with van der Waals surface area (Å²) in [5.41, 5.74) is 0.184. The fourth-order valence-electron chi connectivity index (χ4n) is 2.71. The molecule has 1 N–H and O–H groups in total. The first-order valence-electron chi connectivity index (χ1n) is 6.84. The maximum Gasteiger partial charge on any atom is 0.222 e. The quantitative estimate of drug-likeness (QED) is 0.772. The minimum Gasteiger partial charge on any atom is -0.425 e. The molecule has 0 spiro atoms. The first-order chi connectivity index (χ1) is 8.30. The molecule has 1 saturated carbocycles. The van der Waals surface area contributed by atoms with Crippen LogP contribution in [-0.2, 0) is 11.8 Å². The van der Waals surface area contributed by atoms with E-state index >= 15 is 0 Å². The Hall–Kier alpha value is -0.900. The summed E-state index contributed by atoms with van der Waals surface area (Å²) in [6, 6.07) is 0. The van der Waals surface area contributed by atoms with E-state index in [-0.39, 0.29) is 5.41 Å². The Morgan fingerprint density at radius 1 is 1.24 bits per heavy atom. The van der Waals surface area contributed by atoms with E-state index in [4.69, 9.17) is 4.42 Å². The first-order valence-corrected chi connectivity index (χ1v) is 6.84. The van der Waals surface area contributed by atoms with Crippen molar-refractivity contribution in [3.8, 4) is 0 Å². The number of nitrogens with one attached hydrogen (secondary N) is 1. The summed E-state index contributed by atoms with van der Waals surface area (Å²) in [5, 5.41) is 11.7. The zero-order valence-electron chi connectivity index (χ0n) is 11.0. The van der Waals surface area contributed by atoms with Crippen molar-refractivity contribution in [1.29, 1.82) is 0 Å². The molecular formula is C13H23N3O. The number of nitrogens with zero attached hydrogens (tertiary/aromatic N) is 2. The third-order valence-electron chi connectivity index (χ3n) is 3.92. The second-order valence-corrected chi connectivity index (χ2v) is 4.95. The van der Waals surface area contributed by atoms with Crippen molar-refractivity contribution in [2.45, 2.75) is 57.8 Å². The second-order valence-electron chi connectivity index (χ2n) is 4.95. The fourth-order valence-corrected chi connectivity index (χ4v) is 2.71. The summed E-state index contributed by atoms with van der Waals surface area (Å²) in [4.78, 5) is 0. The summed E-state index contributed by atoms with van der Waals surface area (Å²) >= 11 is 0. The highest BCUT2D eigenvalue weighted by Gasteiger charge is 2.38. The van der Waals surface area contributed by atoms with E-state index in [1.807, 2.05) is 0 Å². The average Bonchev–Trinajstić information content (AvgIpc) is 2.98. The summed E-state index contributed by atoms with van der Waals surface area (Å²) in [7, 11) is 0. The zero-order valence-corrected chi connectivity index (χ0v) is 11.0. The summed E-state index contributed by atoms with van der Waals surface area (Å²) in [6.45, 7) is 6.23. The van der Waals surface area contributed by atoms with Crippen LogP contribution in [0.2, 0.25) is 0 Å². The lowest BCUT2D eigenvalue weighted by Crippen LogP contribution is -2.21. The van der Waals surface area contributed by atoms with Crippen molar-refractivity contribution < 1.29 is 4.42 Å². The third kappa shape index (κ3) is 2.68. The maximum absolute atomic E-state index is 5.85. The minimum absolute atomic E-state index is 0.184. The summed E-state index contributed by atoms with van der Waals surface area (Å²) in [6.07, 6.45) is 6.95. The second kappa shape index (κ2) is 5.63. The SMILES string of the molecule is CCNCCc1nnc(C2(CC)CCCC2)o1. The molecule has 4 heteroatoms. The van der Waals surface area contributed by atoms with Gasteiger partial charge in [-0.3, -0.25) is 0 Å². The Morgan fingerprint density at radius 3 is 2.65 bits per heavy atom. The van der Waals surface area contributed by atoms with Crippen molar-refractivity contribution in [2.75, 3.05) is 13.1 Å². The highest BCUT2D eigenvalue weighted by atomic mass is 16.4. The van der Waals surface area contributed by atoms with Gasteiger partial charge in [-0.1, -0.05) is 26.7 Å². The Kier molecular flexibility index (Phi) is 4.15. The van der Waals surface area contributed by atoms with Crippen LogP contribution in [0.1, 0.15) is 57.7 Å². The molecule has 1 aromatic rings. The van der Waals surface area contributed by atoms with Crippen molar-refractivity contribution in [3.05, 3.63) is 11.8 Å². The Morgan fingerprint density at radius 2 is 2.00 bits per heavy atom. The van der Waals surface area contributed by atoms with E-state index in [9.17, 15) is 0 Å². The maximum atomic E-state index is 5.85. The molecule has 4 nitrogen and oxygen atoms in total. The van der Waals surface area contributed by atoms with Gasteiger partial charge in [-0.15, -0.1) is 10.2 Å². The van der Waals surface area contributed by atoms with Crippen LogP contribution in [0.3, 0.4) is 0 Å².